The first-order valence-electron chi connectivity index (χ1n) is 18.9. The third-order valence-electron chi connectivity index (χ3n) is 11.6. The highest BCUT2D eigenvalue weighted by molar-refractivity contribution is 7.87. The Bertz CT molecular complexity index is 1250. The Kier molecular flexibility index (Phi) is 19.1. The zero-order valence-electron chi connectivity index (χ0n) is 36.1. The van der Waals surface area contributed by atoms with Gasteiger partial charge in [-0.3, -0.25) is 4.18 Å². The molecule has 0 spiro atoms. The van der Waals surface area contributed by atoms with E-state index >= 15 is 0 Å². The van der Waals surface area contributed by atoms with Crippen molar-refractivity contribution in [3.8, 4) is 0 Å². The van der Waals surface area contributed by atoms with E-state index in [0.29, 0.717) is 6.42 Å². The van der Waals surface area contributed by atoms with E-state index in [1.54, 1.807) is 6.08 Å². The summed E-state index contributed by atoms with van der Waals surface area (Å²) in [6, 6.07) is 0. The largest absolute Gasteiger partial charge is 0.523 e. The first kappa shape index (κ1) is 51.7. The third-order valence-corrected chi connectivity index (χ3v) is 26.1. The van der Waals surface area contributed by atoms with Gasteiger partial charge >= 0.3 is 15.6 Å². The molecular weight excluding hydrogens is 742 g/mol. The van der Waals surface area contributed by atoms with E-state index in [0.717, 1.165) is 6.42 Å². The maximum Gasteiger partial charge on any atom is 0.523 e. The molecular formula is C38H77F3O7SSi3. The van der Waals surface area contributed by atoms with Gasteiger partial charge in [0, 0.05) is 13.0 Å². The lowest BCUT2D eigenvalue weighted by molar-refractivity contribution is -0.0535. The lowest BCUT2D eigenvalue weighted by Crippen LogP contribution is -2.48. The number of hydrogen-bond donors (Lipinski definition) is 1. The van der Waals surface area contributed by atoms with Crippen LogP contribution in [0.25, 0.3) is 0 Å². The average molecular weight is 819 g/mol. The first-order valence-corrected chi connectivity index (χ1v) is 29.0. The summed E-state index contributed by atoms with van der Waals surface area (Å²) in [5.41, 5.74) is -5.48. The molecule has 0 radical (unpaired) electrons. The summed E-state index contributed by atoms with van der Waals surface area (Å²) in [5, 5.41) is 9.69. The normalized spacial score (nSPS) is 19.1. The van der Waals surface area contributed by atoms with Gasteiger partial charge in [0.15, 0.2) is 25.0 Å². The van der Waals surface area contributed by atoms with Crippen molar-refractivity contribution in [2.24, 2.45) is 23.7 Å². The second kappa shape index (κ2) is 19.2. The van der Waals surface area contributed by atoms with Gasteiger partial charge in [0.2, 0.25) is 0 Å². The molecule has 1 N–H and O–H groups in total. The lowest BCUT2D eigenvalue weighted by Gasteiger charge is -2.43. The van der Waals surface area contributed by atoms with Crippen LogP contribution in [-0.4, -0.2) is 75.5 Å². The number of hydrogen-bond acceptors (Lipinski definition) is 7. The molecule has 7 nitrogen and oxygen atoms in total. The SMILES string of the molecule is C[C@@H](CO)C[C@@H](C)[C@@H](O[Si](C)(C)C(C)(C)C)[C@@H](C)/C=C\[C@H](C[C@H](O[Si](C)(C)C(C)(C)C)[C@@H](C)/C=C/COS(=O)(=O)C(F)(F)F)O[Si](C)(C)C(C)(C)C. The molecule has 0 aromatic rings. The number of aliphatic hydroxyl groups excluding tert-OH is 1. The first-order chi connectivity index (χ1) is 22.9. The van der Waals surface area contributed by atoms with Gasteiger partial charge in [0.1, 0.15) is 0 Å². The summed E-state index contributed by atoms with van der Waals surface area (Å²) in [4.78, 5) is 0. The van der Waals surface area contributed by atoms with Crippen molar-refractivity contribution in [3.05, 3.63) is 24.3 Å². The fourth-order valence-electron chi connectivity index (χ4n) is 4.98. The van der Waals surface area contributed by atoms with Gasteiger partial charge in [-0.05, 0) is 84.5 Å². The molecule has 0 fully saturated rings. The smallest absolute Gasteiger partial charge is 0.413 e. The van der Waals surface area contributed by atoms with Gasteiger partial charge in [-0.1, -0.05) is 114 Å². The van der Waals surface area contributed by atoms with Crippen molar-refractivity contribution >= 4 is 35.1 Å². The molecule has 0 aliphatic carbocycles. The Morgan fingerprint density at radius 1 is 0.654 bits per heavy atom. The van der Waals surface area contributed by atoms with Gasteiger partial charge in [-0.2, -0.15) is 21.6 Å². The summed E-state index contributed by atoms with van der Waals surface area (Å²) >= 11 is 0. The van der Waals surface area contributed by atoms with E-state index in [4.69, 9.17) is 13.3 Å². The minimum Gasteiger partial charge on any atom is -0.413 e. The molecule has 0 aliphatic rings. The molecule has 0 aromatic carbocycles. The predicted molar refractivity (Wildman–Crippen MR) is 218 cm³/mol. The van der Waals surface area contributed by atoms with E-state index < -0.39 is 47.2 Å². The van der Waals surface area contributed by atoms with Gasteiger partial charge in [-0.25, -0.2) is 0 Å². The Labute approximate surface area is 320 Å². The van der Waals surface area contributed by atoms with Crippen LogP contribution in [0.4, 0.5) is 13.2 Å². The summed E-state index contributed by atoms with van der Waals surface area (Å²) in [6.07, 6.45) is 7.86. The van der Waals surface area contributed by atoms with Crippen LogP contribution < -0.4 is 0 Å². The Morgan fingerprint density at radius 2 is 1.10 bits per heavy atom. The van der Waals surface area contributed by atoms with Gasteiger partial charge in [0.25, 0.3) is 0 Å². The van der Waals surface area contributed by atoms with Crippen molar-refractivity contribution in [2.75, 3.05) is 13.2 Å². The molecule has 0 bridgehead atoms. The second-order valence-corrected chi connectivity index (χ2v) is 35.5. The van der Waals surface area contributed by atoms with E-state index in [-0.39, 0.29) is 63.7 Å². The van der Waals surface area contributed by atoms with E-state index in [1.165, 1.54) is 6.08 Å². The highest BCUT2D eigenvalue weighted by Gasteiger charge is 2.47. The van der Waals surface area contributed by atoms with Gasteiger partial charge in [0.05, 0.1) is 24.9 Å². The van der Waals surface area contributed by atoms with Crippen LogP contribution in [0.15, 0.2) is 24.3 Å². The Morgan fingerprint density at radius 3 is 1.52 bits per heavy atom. The molecule has 0 heterocycles. The van der Waals surface area contributed by atoms with Crippen LogP contribution in [0.2, 0.25) is 54.4 Å². The van der Waals surface area contributed by atoms with Crippen molar-refractivity contribution < 1.29 is 44.2 Å². The lowest BCUT2D eigenvalue weighted by atomic mass is 9.86. The molecule has 0 aliphatic heterocycles. The van der Waals surface area contributed by atoms with Crippen LogP contribution >= 0.6 is 0 Å². The van der Waals surface area contributed by atoms with E-state index in [2.05, 4.69) is 139 Å². The number of alkyl halides is 3. The molecule has 0 saturated carbocycles. The second-order valence-electron chi connectivity index (χ2n) is 19.6. The van der Waals surface area contributed by atoms with Gasteiger partial charge < -0.3 is 18.4 Å². The summed E-state index contributed by atoms with van der Waals surface area (Å²) in [7, 11) is -12.5. The standard InChI is InChI=1S/C38H77F3O7SSi3/c1-28(27-42)25-31(4)34(48-52(18,19)37(11,12)13)30(3)22-23-32(46-50(14,15)35(5,6)7)26-33(47-51(16,17)36(8,9)10)29(2)21-20-24-45-49(43,44)38(39,40)41/h20-23,28-34,42H,24-27H2,1-19H3/b21-20+,23-22-/t28-,29+,30+,31-,32-,33+,34+/m1/s1. The minimum absolute atomic E-state index is 0.0188. The van der Waals surface area contributed by atoms with Crippen molar-refractivity contribution in [2.45, 2.75) is 181 Å². The molecule has 7 atom stereocenters. The maximum absolute atomic E-state index is 12.9. The fraction of sp³-hybridized carbons (Fsp3) is 0.895. The molecule has 52 heavy (non-hydrogen) atoms. The van der Waals surface area contributed by atoms with Crippen molar-refractivity contribution in [1.29, 1.82) is 0 Å². The molecule has 0 rings (SSSR count). The Balaban J connectivity index is 6.96. The van der Waals surface area contributed by atoms with Crippen LogP contribution in [0.3, 0.4) is 0 Å². The average Bonchev–Trinajstić information content (AvgIpc) is 2.93. The predicted octanol–water partition coefficient (Wildman–Crippen LogP) is 11.5. The highest BCUT2D eigenvalue weighted by atomic mass is 32.2. The Hall–Kier alpha value is -0.329. The zero-order valence-corrected chi connectivity index (χ0v) is 39.9. The van der Waals surface area contributed by atoms with Crippen molar-refractivity contribution in [3.63, 3.8) is 0 Å². The van der Waals surface area contributed by atoms with Crippen LogP contribution in [0, 0.1) is 23.7 Å². The summed E-state index contributed by atoms with van der Waals surface area (Å²) in [6.45, 7) is 40.8. The summed E-state index contributed by atoms with van der Waals surface area (Å²) < 4.78 is 86.9. The number of halogens is 3. The third kappa shape index (κ3) is 16.0. The number of rotatable bonds is 20. The molecule has 0 saturated heterocycles. The molecule has 310 valence electrons. The van der Waals surface area contributed by atoms with E-state index in [1.807, 2.05) is 6.92 Å². The highest BCUT2D eigenvalue weighted by Crippen LogP contribution is 2.42. The quantitative estimate of drug-likeness (QED) is 0.0566. The monoisotopic (exact) mass is 818 g/mol. The van der Waals surface area contributed by atoms with E-state index in [9.17, 15) is 26.7 Å². The minimum atomic E-state index is -5.70. The fourth-order valence-corrected chi connectivity index (χ4v) is 9.55. The maximum atomic E-state index is 12.9. The van der Waals surface area contributed by atoms with Crippen LogP contribution in [0.5, 0.6) is 0 Å². The summed E-state index contributed by atoms with van der Waals surface area (Å²) in [5.74, 6) is 0.0784. The molecule has 0 unspecified atom stereocenters. The van der Waals surface area contributed by atoms with Crippen molar-refractivity contribution in [1.82, 2.24) is 0 Å². The molecule has 14 heteroatoms. The van der Waals surface area contributed by atoms with Crippen LogP contribution in [-0.2, 0) is 27.6 Å². The molecule has 0 aromatic heterocycles. The van der Waals surface area contributed by atoms with Gasteiger partial charge in [-0.15, -0.1) is 0 Å². The zero-order chi connectivity index (χ0) is 41.5. The topological polar surface area (TPSA) is 91.3 Å². The molecule has 0 amide bonds. The number of aliphatic hydroxyl groups is 1. The van der Waals surface area contributed by atoms with Crippen LogP contribution in [0.1, 0.15) is 103 Å².